The van der Waals surface area contributed by atoms with Crippen LogP contribution in [0.5, 0.6) is 0 Å². The molecule has 3 N–H and O–H groups in total. The molecule has 128 valence electrons. The van der Waals surface area contributed by atoms with Crippen molar-refractivity contribution < 1.29 is 9.59 Å². The number of carbonyl (C=O) groups is 2. The van der Waals surface area contributed by atoms with Crippen LogP contribution in [0.2, 0.25) is 0 Å². The van der Waals surface area contributed by atoms with Gasteiger partial charge in [-0.25, -0.2) is 4.79 Å². The lowest BCUT2D eigenvalue weighted by Crippen LogP contribution is -2.49. The summed E-state index contributed by atoms with van der Waals surface area (Å²) in [5.41, 5.74) is 1.51. The average molecular weight is 327 g/mol. The smallest absolute Gasteiger partial charge is 0.318 e. The normalized spacial score (nSPS) is 33.1. The zero-order chi connectivity index (χ0) is 16.7. The standard InChI is InChI=1S/C19H25N3O2/c1-20-19(24)22-16-4-2-15(3-5-16)21-18(23)17-13-7-11-6-12(9-13)10-14(17)8-11/h2-5,11-14,17H,6-10H2,1H3,(H,21,23)(H2,20,22,24). The predicted molar refractivity (Wildman–Crippen MR) is 93.7 cm³/mol. The Morgan fingerprint density at radius 3 is 1.83 bits per heavy atom. The molecule has 0 unspecified atom stereocenters. The Balaban J connectivity index is 1.40. The van der Waals surface area contributed by atoms with Gasteiger partial charge in [0.05, 0.1) is 0 Å². The van der Waals surface area contributed by atoms with Crippen LogP contribution in [0.4, 0.5) is 16.2 Å². The molecule has 1 aromatic rings. The van der Waals surface area contributed by atoms with Gasteiger partial charge in [-0.3, -0.25) is 4.79 Å². The Bertz CT molecular complexity index is 613. The summed E-state index contributed by atoms with van der Waals surface area (Å²) < 4.78 is 0. The highest BCUT2D eigenvalue weighted by molar-refractivity contribution is 5.94. The number of amides is 3. The van der Waals surface area contributed by atoms with Crippen LogP contribution < -0.4 is 16.0 Å². The minimum absolute atomic E-state index is 0.191. The quantitative estimate of drug-likeness (QED) is 0.796. The number of rotatable bonds is 3. The van der Waals surface area contributed by atoms with E-state index in [2.05, 4.69) is 16.0 Å². The zero-order valence-electron chi connectivity index (χ0n) is 14.0. The van der Waals surface area contributed by atoms with Crippen LogP contribution in [0.15, 0.2) is 24.3 Å². The van der Waals surface area contributed by atoms with Crippen LogP contribution in [0.25, 0.3) is 0 Å². The number of hydrogen-bond donors (Lipinski definition) is 3. The molecule has 4 fully saturated rings. The van der Waals surface area contributed by atoms with Crippen molar-refractivity contribution in [1.29, 1.82) is 0 Å². The molecule has 5 heteroatoms. The molecule has 0 spiro atoms. The minimum Gasteiger partial charge on any atom is -0.341 e. The lowest BCUT2D eigenvalue weighted by Gasteiger charge is -2.53. The van der Waals surface area contributed by atoms with Gasteiger partial charge in [-0.2, -0.15) is 0 Å². The maximum absolute atomic E-state index is 12.8. The van der Waals surface area contributed by atoms with Crippen molar-refractivity contribution in [3.63, 3.8) is 0 Å². The SMILES string of the molecule is CNC(=O)Nc1ccc(NC(=O)C2C3CC4CC(C3)CC2C4)cc1. The number of urea groups is 1. The van der Waals surface area contributed by atoms with Gasteiger partial charge in [0.15, 0.2) is 0 Å². The minimum atomic E-state index is -0.250. The molecular formula is C19H25N3O2. The number of hydrogen-bond acceptors (Lipinski definition) is 2. The van der Waals surface area contributed by atoms with Crippen molar-refractivity contribution in [2.45, 2.75) is 32.1 Å². The molecule has 5 nitrogen and oxygen atoms in total. The van der Waals surface area contributed by atoms with Crippen LogP contribution in [-0.4, -0.2) is 19.0 Å². The monoisotopic (exact) mass is 327 g/mol. The van der Waals surface area contributed by atoms with E-state index in [0.717, 1.165) is 17.5 Å². The fourth-order valence-electron chi connectivity index (χ4n) is 5.41. The fourth-order valence-corrected chi connectivity index (χ4v) is 5.41. The Labute approximate surface area is 142 Å². The van der Waals surface area contributed by atoms with Crippen molar-refractivity contribution in [1.82, 2.24) is 5.32 Å². The lowest BCUT2D eigenvalue weighted by atomic mass is 9.51. The first-order valence-electron chi connectivity index (χ1n) is 9.02. The van der Waals surface area contributed by atoms with E-state index < -0.39 is 0 Å². The lowest BCUT2D eigenvalue weighted by molar-refractivity contribution is -0.132. The van der Waals surface area contributed by atoms with Gasteiger partial charge in [0, 0.05) is 24.3 Å². The third kappa shape index (κ3) is 2.87. The Kier molecular flexibility index (Phi) is 3.94. The molecule has 1 aromatic carbocycles. The second-order valence-electron chi connectivity index (χ2n) is 7.73. The molecule has 4 aliphatic carbocycles. The molecule has 4 bridgehead atoms. The largest absolute Gasteiger partial charge is 0.341 e. The predicted octanol–water partition coefficient (Wildman–Crippen LogP) is 3.45. The summed E-state index contributed by atoms with van der Waals surface area (Å²) in [6, 6.07) is 7.06. The van der Waals surface area contributed by atoms with Gasteiger partial charge in [-0.05, 0) is 80.0 Å². The Morgan fingerprint density at radius 1 is 0.833 bits per heavy atom. The van der Waals surface area contributed by atoms with Gasteiger partial charge in [-0.1, -0.05) is 0 Å². The van der Waals surface area contributed by atoms with E-state index in [0.29, 0.717) is 17.5 Å². The maximum Gasteiger partial charge on any atom is 0.318 e. The molecular weight excluding hydrogens is 302 g/mol. The summed E-state index contributed by atoms with van der Waals surface area (Å²) in [6.07, 6.45) is 6.40. The van der Waals surface area contributed by atoms with Crippen LogP contribution in [0, 0.1) is 29.6 Å². The second-order valence-corrected chi connectivity index (χ2v) is 7.73. The summed E-state index contributed by atoms with van der Waals surface area (Å²) in [5, 5.41) is 8.33. The molecule has 0 heterocycles. The molecule has 4 saturated carbocycles. The van der Waals surface area contributed by atoms with E-state index >= 15 is 0 Å². The van der Waals surface area contributed by atoms with Crippen molar-refractivity contribution in [2.24, 2.45) is 29.6 Å². The molecule has 4 aliphatic rings. The van der Waals surface area contributed by atoms with Gasteiger partial charge in [0.1, 0.15) is 0 Å². The third-order valence-corrected chi connectivity index (χ3v) is 6.17. The topological polar surface area (TPSA) is 70.2 Å². The van der Waals surface area contributed by atoms with Gasteiger partial charge in [0.2, 0.25) is 5.91 Å². The van der Waals surface area contributed by atoms with Gasteiger partial charge < -0.3 is 16.0 Å². The van der Waals surface area contributed by atoms with E-state index in [9.17, 15) is 9.59 Å². The summed E-state index contributed by atoms with van der Waals surface area (Å²) in [4.78, 5) is 24.1. The average Bonchev–Trinajstić information content (AvgIpc) is 2.55. The summed E-state index contributed by atoms with van der Waals surface area (Å²) in [7, 11) is 1.58. The molecule has 24 heavy (non-hydrogen) atoms. The van der Waals surface area contributed by atoms with Crippen LogP contribution in [0.1, 0.15) is 32.1 Å². The molecule has 0 aliphatic heterocycles. The molecule has 3 amide bonds. The molecule has 5 rings (SSSR count). The summed E-state index contributed by atoms with van der Waals surface area (Å²) >= 11 is 0. The third-order valence-electron chi connectivity index (χ3n) is 6.17. The van der Waals surface area contributed by atoms with E-state index in [-0.39, 0.29) is 17.9 Å². The van der Waals surface area contributed by atoms with Crippen LogP contribution >= 0.6 is 0 Å². The first-order chi connectivity index (χ1) is 11.6. The van der Waals surface area contributed by atoms with Gasteiger partial charge in [0.25, 0.3) is 0 Å². The number of benzene rings is 1. The zero-order valence-corrected chi connectivity index (χ0v) is 14.0. The van der Waals surface area contributed by atoms with E-state index in [1.54, 1.807) is 7.05 Å². The van der Waals surface area contributed by atoms with Crippen molar-refractivity contribution in [3.8, 4) is 0 Å². The van der Waals surface area contributed by atoms with Crippen LogP contribution in [0.3, 0.4) is 0 Å². The number of carbonyl (C=O) groups excluding carboxylic acids is 2. The summed E-state index contributed by atoms with van der Waals surface area (Å²) in [6.45, 7) is 0. The van der Waals surface area contributed by atoms with Crippen molar-refractivity contribution in [2.75, 3.05) is 17.7 Å². The van der Waals surface area contributed by atoms with E-state index in [4.69, 9.17) is 0 Å². The number of anilines is 2. The number of nitrogens with one attached hydrogen (secondary N) is 3. The maximum atomic E-state index is 12.8. The van der Waals surface area contributed by atoms with E-state index in [1.165, 1.54) is 32.1 Å². The summed E-state index contributed by atoms with van der Waals surface area (Å²) in [5.74, 6) is 3.33. The highest BCUT2D eigenvalue weighted by Crippen LogP contribution is 2.56. The van der Waals surface area contributed by atoms with E-state index in [1.807, 2.05) is 24.3 Å². The highest BCUT2D eigenvalue weighted by atomic mass is 16.2. The van der Waals surface area contributed by atoms with Crippen molar-refractivity contribution in [3.05, 3.63) is 24.3 Å². The highest BCUT2D eigenvalue weighted by Gasteiger charge is 2.50. The molecule has 0 saturated heterocycles. The van der Waals surface area contributed by atoms with Gasteiger partial charge in [-0.15, -0.1) is 0 Å². The molecule has 0 atom stereocenters. The van der Waals surface area contributed by atoms with Crippen molar-refractivity contribution >= 4 is 23.3 Å². The molecule has 0 radical (unpaired) electrons. The first kappa shape index (κ1) is 15.5. The Hall–Kier alpha value is -2.04. The fraction of sp³-hybridized carbons (Fsp3) is 0.579. The first-order valence-corrected chi connectivity index (χ1v) is 9.02. The molecule has 0 aromatic heterocycles. The second kappa shape index (κ2) is 6.11. The van der Waals surface area contributed by atoms with Crippen LogP contribution in [-0.2, 0) is 4.79 Å². The van der Waals surface area contributed by atoms with Gasteiger partial charge >= 0.3 is 6.03 Å². The Morgan fingerprint density at radius 2 is 1.33 bits per heavy atom.